The second-order valence-electron chi connectivity index (χ2n) is 5.83. The first kappa shape index (κ1) is 22.9. The molecule has 11 heteroatoms. The van der Waals surface area contributed by atoms with Gasteiger partial charge in [0, 0.05) is 34.6 Å². The Labute approximate surface area is 160 Å². The van der Waals surface area contributed by atoms with Gasteiger partial charge in [0.05, 0.1) is 0 Å². The molecule has 0 saturated carbocycles. The van der Waals surface area contributed by atoms with Gasteiger partial charge in [-0.2, -0.15) is 0 Å². The van der Waals surface area contributed by atoms with Crippen molar-refractivity contribution in [3.05, 3.63) is 0 Å². The number of rotatable bonds is 6. The quantitative estimate of drug-likeness (QED) is 0.472. The number of amides is 1. The van der Waals surface area contributed by atoms with E-state index >= 15 is 0 Å². The molecule has 1 rings (SSSR count). The SMILES string of the molecule is CC(=O)N[C@H]1[C@@H](OC(C)=O)[C@H](OC(C)=O)[C@H](COC(C)=O)O[C@@H]1SC(C)=O. The van der Waals surface area contributed by atoms with Crippen LogP contribution in [0, 0.1) is 0 Å². The van der Waals surface area contributed by atoms with Crippen LogP contribution in [0.1, 0.15) is 34.6 Å². The van der Waals surface area contributed by atoms with Gasteiger partial charge in [-0.25, -0.2) is 0 Å². The molecule has 0 spiro atoms. The van der Waals surface area contributed by atoms with Crippen LogP contribution in [0.5, 0.6) is 0 Å². The van der Waals surface area contributed by atoms with E-state index in [0.717, 1.165) is 25.6 Å². The number of hydrogen-bond donors (Lipinski definition) is 1. The van der Waals surface area contributed by atoms with Gasteiger partial charge in [0.1, 0.15) is 24.2 Å². The fourth-order valence-electron chi connectivity index (χ4n) is 2.55. The van der Waals surface area contributed by atoms with Crippen molar-refractivity contribution >= 4 is 40.7 Å². The molecule has 27 heavy (non-hydrogen) atoms. The van der Waals surface area contributed by atoms with Crippen LogP contribution in [0.25, 0.3) is 0 Å². The van der Waals surface area contributed by atoms with Gasteiger partial charge in [0.15, 0.2) is 17.3 Å². The average molecular weight is 405 g/mol. The highest BCUT2D eigenvalue weighted by Crippen LogP contribution is 2.32. The molecule has 0 bridgehead atoms. The Hall–Kier alpha value is -2.14. The first-order valence-corrected chi connectivity index (χ1v) is 8.96. The van der Waals surface area contributed by atoms with E-state index in [1.54, 1.807) is 0 Å². The van der Waals surface area contributed by atoms with Gasteiger partial charge >= 0.3 is 17.9 Å². The molecule has 0 aromatic carbocycles. The topological polar surface area (TPSA) is 134 Å². The minimum Gasteiger partial charge on any atom is -0.463 e. The molecular formula is C16H23NO9S. The summed E-state index contributed by atoms with van der Waals surface area (Å²) in [5.74, 6) is -2.43. The molecule has 10 nitrogen and oxygen atoms in total. The highest BCUT2D eigenvalue weighted by molar-refractivity contribution is 8.14. The predicted octanol–water partition coefficient (Wildman–Crippen LogP) is -0.0778. The van der Waals surface area contributed by atoms with Crippen LogP contribution >= 0.6 is 11.8 Å². The van der Waals surface area contributed by atoms with E-state index in [4.69, 9.17) is 18.9 Å². The zero-order chi connectivity index (χ0) is 20.7. The van der Waals surface area contributed by atoms with Gasteiger partial charge in [-0.1, -0.05) is 11.8 Å². The predicted molar refractivity (Wildman–Crippen MR) is 92.3 cm³/mol. The lowest BCUT2D eigenvalue weighted by atomic mass is 9.97. The van der Waals surface area contributed by atoms with Crippen molar-refractivity contribution in [3.63, 3.8) is 0 Å². The van der Waals surface area contributed by atoms with Crippen molar-refractivity contribution in [2.75, 3.05) is 6.61 Å². The van der Waals surface area contributed by atoms with E-state index in [1.807, 2.05) is 0 Å². The summed E-state index contributed by atoms with van der Waals surface area (Å²) < 4.78 is 21.2. The summed E-state index contributed by atoms with van der Waals surface area (Å²) >= 11 is 0.767. The largest absolute Gasteiger partial charge is 0.463 e. The fourth-order valence-corrected chi connectivity index (χ4v) is 3.45. The lowest BCUT2D eigenvalue weighted by Crippen LogP contribution is -2.65. The van der Waals surface area contributed by atoms with Crippen LogP contribution < -0.4 is 5.32 Å². The van der Waals surface area contributed by atoms with E-state index < -0.39 is 53.6 Å². The minimum atomic E-state index is -1.16. The highest BCUT2D eigenvalue weighted by Gasteiger charge is 2.51. The number of ether oxygens (including phenoxy) is 4. The summed E-state index contributed by atoms with van der Waals surface area (Å²) in [6.45, 7) is 5.74. The lowest BCUT2D eigenvalue weighted by molar-refractivity contribution is -0.211. The third-order valence-electron chi connectivity index (χ3n) is 3.35. The Kier molecular flexibility index (Phi) is 8.70. The molecule has 0 radical (unpaired) electrons. The van der Waals surface area contributed by atoms with Crippen LogP contribution in [0.15, 0.2) is 0 Å². The van der Waals surface area contributed by atoms with E-state index in [0.29, 0.717) is 0 Å². The molecule has 0 aromatic heterocycles. The summed E-state index contributed by atoms with van der Waals surface area (Å²) in [7, 11) is 0. The Bertz CT molecular complexity index is 609. The second kappa shape index (κ2) is 10.3. The molecule has 0 unspecified atom stereocenters. The Balaban J connectivity index is 3.29. The maximum Gasteiger partial charge on any atom is 0.303 e. The van der Waals surface area contributed by atoms with Crippen LogP contribution in [-0.4, -0.2) is 65.3 Å². The summed E-state index contributed by atoms with van der Waals surface area (Å²) in [5.41, 5.74) is -0.955. The first-order chi connectivity index (χ1) is 12.5. The van der Waals surface area contributed by atoms with Gasteiger partial charge < -0.3 is 24.3 Å². The first-order valence-electron chi connectivity index (χ1n) is 8.08. The molecule has 1 aliphatic rings. The molecule has 152 valence electrons. The van der Waals surface area contributed by atoms with Crippen molar-refractivity contribution in [1.82, 2.24) is 5.32 Å². The molecule has 1 amide bonds. The van der Waals surface area contributed by atoms with Gasteiger partial charge in [-0.05, 0) is 0 Å². The van der Waals surface area contributed by atoms with Gasteiger partial charge in [-0.15, -0.1) is 0 Å². The van der Waals surface area contributed by atoms with Crippen molar-refractivity contribution in [1.29, 1.82) is 0 Å². The maximum absolute atomic E-state index is 11.6. The molecule has 1 aliphatic heterocycles. The molecular weight excluding hydrogens is 382 g/mol. The summed E-state index contributed by atoms with van der Waals surface area (Å²) in [6.07, 6.45) is -3.32. The number of esters is 3. The number of carbonyl (C=O) groups is 5. The monoisotopic (exact) mass is 405 g/mol. The number of thioether (sulfide) groups is 1. The molecule has 1 heterocycles. The highest BCUT2D eigenvalue weighted by atomic mass is 32.2. The summed E-state index contributed by atoms with van der Waals surface area (Å²) in [6, 6.07) is -0.974. The molecule has 5 atom stereocenters. The summed E-state index contributed by atoms with van der Waals surface area (Å²) in [5, 5.41) is 2.26. The van der Waals surface area contributed by atoms with Crippen molar-refractivity contribution < 1.29 is 42.9 Å². The van der Waals surface area contributed by atoms with Gasteiger partial charge in [0.25, 0.3) is 0 Å². The third kappa shape index (κ3) is 7.55. The zero-order valence-corrected chi connectivity index (χ0v) is 16.5. The maximum atomic E-state index is 11.6. The average Bonchev–Trinajstić information content (AvgIpc) is 2.49. The number of carbonyl (C=O) groups excluding carboxylic acids is 5. The summed E-state index contributed by atoms with van der Waals surface area (Å²) in [4.78, 5) is 57.5. The van der Waals surface area contributed by atoms with Gasteiger partial charge in [-0.3, -0.25) is 24.0 Å². The van der Waals surface area contributed by atoms with Gasteiger partial charge in [0.2, 0.25) is 5.91 Å². The molecule has 1 saturated heterocycles. The minimum absolute atomic E-state index is 0.299. The zero-order valence-electron chi connectivity index (χ0n) is 15.7. The normalized spacial score (nSPS) is 27.2. The van der Waals surface area contributed by atoms with Crippen molar-refractivity contribution in [2.24, 2.45) is 0 Å². The Morgan fingerprint density at radius 1 is 0.889 bits per heavy atom. The van der Waals surface area contributed by atoms with E-state index in [1.165, 1.54) is 20.8 Å². The van der Waals surface area contributed by atoms with E-state index in [2.05, 4.69) is 5.32 Å². The molecule has 1 fully saturated rings. The molecule has 0 aromatic rings. The molecule has 1 N–H and O–H groups in total. The fraction of sp³-hybridized carbons (Fsp3) is 0.688. The lowest BCUT2D eigenvalue weighted by Gasteiger charge is -2.44. The van der Waals surface area contributed by atoms with Crippen LogP contribution in [0.4, 0.5) is 0 Å². The Morgan fingerprint density at radius 2 is 1.44 bits per heavy atom. The van der Waals surface area contributed by atoms with E-state index in [-0.39, 0.29) is 11.7 Å². The van der Waals surface area contributed by atoms with E-state index in [9.17, 15) is 24.0 Å². The smallest absolute Gasteiger partial charge is 0.303 e. The van der Waals surface area contributed by atoms with Crippen LogP contribution in [-0.2, 0) is 42.9 Å². The second-order valence-corrected chi connectivity index (χ2v) is 7.10. The van der Waals surface area contributed by atoms with Crippen LogP contribution in [0.2, 0.25) is 0 Å². The standard InChI is InChI=1S/C16H23NO9S/c1-7(18)17-13-15(25-10(4)21)14(24-9(3)20)12(6-23-8(2)19)26-16(13)27-11(5)22/h12-16H,6H2,1-5H3,(H,17,18)/t12-,13-,14+,15+,16+/m0/s1. The van der Waals surface area contributed by atoms with Crippen molar-refractivity contribution in [3.8, 4) is 0 Å². The number of nitrogens with one attached hydrogen (secondary N) is 1. The van der Waals surface area contributed by atoms with Crippen molar-refractivity contribution in [2.45, 2.75) is 64.4 Å². The number of hydrogen-bond acceptors (Lipinski definition) is 10. The third-order valence-corrected chi connectivity index (χ3v) is 4.32. The molecule has 0 aliphatic carbocycles. The Morgan fingerprint density at radius 3 is 1.89 bits per heavy atom. The van der Waals surface area contributed by atoms with Crippen LogP contribution in [0.3, 0.4) is 0 Å².